The highest BCUT2D eigenvalue weighted by atomic mass is 35.5. The first kappa shape index (κ1) is 13.3. The molecule has 102 valence electrons. The fourth-order valence-corrected chi connectivity index (χ4v) is 2.44. The van der Waals surface area contributed by atoms with Crippen LogP contribution < -0.4 is 9.64 Å². The molecular weight excluding hydrogens is 297 g/mol. The molecule has 1 aliphatic heterocycles. The van der Waals surface area contributed by atoms with E-state index < -0.39 is 0 Å². The number of benzene rings is 2. The number of fused-ring (bicyclic) bond motifs is 1. The number of amides is 1. The molecule has 1 heterocycles. The van der Waals surface area contributed by atoms with Gasteiger partial charge in [-0.05, 0) is 42.5 Å². The third kappa shape index (κ3) is 2.47. The lowest BCUT2D eigenvalue weighted by atomic mass is 10.1. The van der Waals surface area contributed by atoms with Gasteiger partial charge in [-0.25, -0.2) is 0 Å². The molecule has 0 saturated carbocycles. The van der Waals surface area contributed by atoms with E-state index in [0.717, 1.165) is 0 Å². The summed E-state index contributed by atoms with van der Waals surface area (Å²) in [5, 5.41) is 1.18. The molecule has 3 nitrogen and oxygen atoms in total. The van der Waals surface area contributed by atoms with Gasteiger partial charge in [0.15, 0.2) is 0 Å². The molecule has 1 aliphatic rings. The van der Waals surface area contributed by atoms with Crippen molar-refractivity contribution in [3.05, 3.63) is 58.1 Å². The second-order valence-electron chi connectivity index (χ2n) is 4.42. The van der Waals surface area contributed by atoms with Crippen molar-refractivity contribution in [1.82, 2.24) is 0 Å². The maximum absolute atomic E-state index is 12.6. The van der Waals surface area contributed by atoms with Crippen LogP contribution in [0.1, 0.15) is 10.4 Å². The highest BCUT2D eigenvalue weighted by Gasteiger charge is 2.24. The first-order chi connectivity index (χ1) is 9.65. The summed E-state index contributed by atoms with van der Waals surface area (Å²) in [6.45, 7) is 0.961. The molecule has 0 atom stereocenters. The van der Waals surface area contributed by atoms with Crippen molar-refractivity contribution >= 4 is 34.8 Å². The second-order valence-corrected chi connectivity index (χ2v) is 5.30. The van der Waals surface area contributed by atoms with Crippen molar-refractivity contribution in [3.63, 3.8) is 0 Å². The van der Waals surface area contributed by atoms with Gasteiger partial charge in [0.2, 0.25) is 0 Å². The molecule has 0 N–H and O–H groups in total. The Hall–Kier alpha value is -1.71. The number of hydrogen-bond acceptors (Lipinski definition) is 2. The summed E-state index contributed by atoms with van der Waals surface area (Å²) in [6, 6.07) is 12.1. The Morgan fingerprint density at radius 2 is 1.75 bits per heavy atom. The van der Waals surface area contributed by atoms with Gasteiger partial charge < -0.3 is 9.64 Å². The zero-order chi connectivity index (χ0) is 14.1. The van der Waals surface area contributed by atoms with E-state index in [0.29, 0.717) is 40.2 Å². The van der Waals surface area contributed by atoms with Gasteiger partial charge in [0, 0.05) is 15.6 Å². The fourth-order valence-electron chi connectivity index (χ4n) is 2.15. The van der Waals surface area contributed by atoms with Crippen molar-refractivity contribution in [2.24, 2.45) is 0 Å². The minimum absolute atomic E-state index is 0.0894. The molecule has 20 heavy (non-hydrogen) atoms. The molecule has 0 aromatic heterocycles. The number of carbonyl (C=O) groups excluding carboxylic acids is 1. The van der Waals surface area contributed by atoms with Crippen LogP contribution in [-0.4, -0.2) is 19.1 Å². The van der Waals surface area contributed by atoms with Crippen molar-refractivity contribution in [2.45, 2.75) is 0 Å². The summed E-state index contributed by atoms with van der Waals surface area (Å²) in [4.78, 5) is 14.2. The summed E-state index contributed by atoms with van der Waals surface area (Å²) in [7, 11) is 0. The Morgan fingerprint density at radius 3 is 2.50 bits per heavy atom. The minimum Gasteiger partial charge on any atom is -0.490 e. The molecule has 0 radical (unpaired) electrons. The molecule has 0 spiro atoms. The Balaban J connectivity index is 1.97. The molecular formula is C15H11Cl2NO2. The van der Waals surface area contributed by atoms with Crippen LogP contribution in [0.2, 0.25) is 10.0 Å². The van der Waals surface area contributed by atoms with Crippen molar-refractivity contribution < 1.29 is 9.53 Å². The molecule has 1 amide bonds. The lowest BCUT2D eigenvalue weighted by molar-refractivity contribution is 0.0976. The maximum atomic E-state index is 12.6. The Labute approximate surface area is 126 Å². The zero-order valence-electron chi connectivity index (χ0n) is 10.5. The van der Waals surface area contributed by atoms with Crippen LogP contribution in [0.3, 0.4) is 0 Å². The molecule has 0 unspecified atom stereocenters. The molecule has 0 saturated heterocycles. The number of hydrogen-bond donors (Lipinski definition) is 0. The number of ether oxygens (including phenoxy) is 1. The smallest absolute Gasteiger partial charge is 0.258 e. The van der Waals surface area contributed by atoms with E-state index in [1.54, 1.807) is 47.4 Å². The topological polar surface area (TPSA) is 29.5 Å². The van der Waals surface area contributed by atoms with Crippen LogP contribution in [0.4, 0.5) is 5.69 Å². The van der Waals surface area contributed by atoms with E-state index >= 15 is 0 Å². The molecule has 0 aliphatic carbocycles. The van der Waals surface area contributed by atoms with E-state index in [2.05, 4.69) is 0 Å². The predicted octanol–water partition coefficient (Wildman–Crippen LogP) is 4.03. The van der Waals surface area contributed by atoms with Gasteiger partial charge in [-0.2, -0.15) is 0 Å². The van der Waals surface area contributed by atoms with Crippen LogP contribution >= 0.6 is 23.2 Å². The molecule has 2 aromatic carbocycles. The lowest BCUT2D eigenvalue weighted by Gasteiger charge is -2.29. The number of halogens is 2. The third-order valence-electron chi connectivity index (χ3n) is 3.12. The Bertz CT molecular complexity index is 655. The van der Waals surface area contributed by atoms with E-state index in [9.17, 15) is 4.79 Å². The predicted molar refractivity (Wildman–Crippen MR) is 80.1 cm³/mol. The average molecular weight is 308 g/mol. The zero-order valence-corrected chi connectivity index (χ0v) is 12.0. The first-order valence-corrected chi connectivity index (χ1v) is 6.90. The van der Waals surface area contributed by atoms with Crippen LogP contribution in [0.5, 0.6) is 5.75 Å². The number of rotatable bonds is 1. The van der Waals surface area contributed by atoms with Crippen LogP contribution in [0.15, 0.2) is 42.5 Å². The summed E-state index contributed by atoms with van der Waals surface area (Å²) in [5.41, 5.74) is 1.28. The van der Waals surface area contributed by atoms with Gasteiger partial charge in [0.25, 0.3) is 5.91 Å². The fraction of sp³-hybridized carbons (Fsp3) is 0.133. The average Bonchev–Trinajstić information content (AvgIpc) is 2.46. The second kappa shape index (κ2) is 5.35. The normalized spacial score (nSPS) is 13.6. The van der Waals surface area contributed by atoms with E-state index in [1.165, 1.54) is 0 Å². The van der Waals surface area contributed by atoms with Crippen LogP contribution in [-0.2, 0) is 0 Å². The largest absolute Gasteiger partial charge is 0.490 e. The van der Waals surface area contributed by atoms with Crippen molar-refractivity contribution in [3.8, 4) is 5.75 Å². The van der Waals surface area contributed by atoms with Gasteiger partial charge in [-0.1, -0.05) is 23.2 Å². The standard InChI is InChI=1S/C15H11Cl2NO2/c16-11-3-1-10(2-4-11)15(19)18-7-8-20-14-6-5-12(17)9-13(14)18/h1-6,9H,7-8H2. The molecule has 0 bridgehead atoms. The molecule has 0 fully saturated rings. The van der Waals surface area contributed by atoms with Gasteiger partial charge >= 0.3 is 0 Å². The lowest BCUT2D eigenvalue weighted by Crippen LogP contribution is -2.37. The highest BCUT2D eigenvalue weighted by molar-refractivity contribution is 6.31. The van der Waals surface area contributed by atoms with Crippen LogP contribution in [0, 0.1) is 0 Å². The minimum atomic E-state index is -0.0894. The quantitative estimate of drug-likeness (QED) is 0.796. The Kier molecular flexibility index (Phi) is 3.55. The number of carbonyl (C=O) groups is 1. The monoisotopic (exact) mass is 307 g/mol. The third-order valence-corrected chi connectivity index (χ3v) is 3.61. The maximum Gasteiger partial charge on any atom is 0.258 e. The van der Waals surface area contributed by atoms with E-state index in [4.69, 9.17) is 27.9 Å². The molecule has 3 rings (SSSR count). The number of anilines is 1. The summed E-state index contributed by atoms with van der Waals surface area (Å²) >= 11 is 11.8. The van der Waals surface area contributed by atoms with Crippen molar-refractivity contribution in [2.75, 3.05) is 18.1 Å². The van der Waals surface area contributed by atoms with E-state index in [1.807, 2.05) is 0 Å². The summed E-state index contributed by atoms with van der Waals surface area (Å²) < 4.78 is 5.54. The van der Waals surface area contributed by atoms with E-state index in [-0.39, 0.29) is 5.91 Å². The first-order valence-electron chi connectivity index (χ1n) is 6.15. The van der Waals surface area contributed by atoms with Gasteiger partial charge in [0.1, 0.15) is 12.4 Å². The summed E-state index contributed by atoms with van der Waals surface area (Å²) in [5.74, 6) is 0.580. The highest BCUT2D eigenvalue weighted by Crippen LogP contribution is 2.34. The SMILES string of the molecule is O=C(c1ccc(Cl)cc1)N1CCOc2ccc(Cl)cc21. The van der Waals surface area contributed by atoms with Gasteiger partial charge in [-0.15, -0.1) is 0 Å². The summed E-state index contributed by atoms with van der Waals surface area (Å²) in [6.07, 6.45) is 0. The number of nitrogens with zero attached hydrogens (tertiary/aromatic N) is 1. The van der Waals surface area contributed by atoms with Gasteiger partial charge in [-0.3, -0.25) is 4.79 Å². The van der Waals surface area contributed by atoms with Crippen molar-refractivity contribution in [1.29, 1.82) is 0 Å². The van der Waals surface area contributed by atoms with Gasteiger partial charge in [0.05, 0.1) is 12.2 Å². The van der Waals surface area contributed by atoms with Crippen LogP contribution in [0.25, 0.3) is 0 Å². The molecule has 2 aromatic rings. The Morgan fingerprint density at radius 1 is 1.05 bits per heavy atom. The molecule has 5 heteroatoms.